The van der Waals surface area contributed by atoms with E-state index in [1.54, 1.807) is 11.3 Å². The van der Waals surface area contributed by atoms with Crippen LogP contribution in [0.3, 0.4) is 0 Å². The van der Waals surface area contributed by atoms with Crippen molar-refractivity contribution in [3.63, 3.8) is 0 Å². The Morgan fingerprint density at radius 2 is 2.13 bits per heavy atom. The molecule has 0 N–H and O–H groups in total. The van der Waals surface area contributed by atoms with E-state index in [-0.39, 0.29) is 5.41 Å². The second kappa shape index (κ2) is 3.39. The molecule has 0 atom stereocenters. The van der Waals surface area contributed by atoms with Gasteiger partial charge in [0.05, 0.1) is 5.69 Å². The van der Waals surface area contributed by atoms with Crippen molar-refractivity contribution in [2.24, 2.45) is 0 Å². The van der Waals surface area contributed by atoms with E-state index in [4.69, 9.17) is 4.74 Å². The van der Waals surface area contributed by atoms with Gasteiger partial charge in [-0.05, 0) is 25.7 Å². The topological polar surface area (TPSA) is 39.2 Å². The summed E-state index contributed by atoms with van der Waals surface area (Å²) in [5, 5.41) is 0.644. The third-order valence-corrected chi connectivity index (χ3v) is 4.64. The lowest BCUT2D eigenvalue weighted by Gasteiger charge is -2.32. The summed E-state index contributed by atoms with van der Waals surface area (Å²) in [4.78, 5) is 16.5. The Morgan fingerprint density at radius 1 is 1.33 bits per heavy atom. The highest BCUT2D eigenvalue weighted by Crippen LogP contribution is 2.46. The molecule has 1 aliphatic carbocycles. The van der Waals surface area contributed by atoms with Gasteiger partial charge in [-0.3, -0.25) is 4.79 Å². The summed E-state index contributed by atoms with van der Waals surface area (Å²) >= 11 is 1.57. The van der Waals surface area contributed by atoms with Crippen LogP contribution in [0.5, 0.6) is 0 Å². The highest BCUT2D eigenvalue weighted by Gasteiger charge is 2.42. The molecule has 1 spiro atoms. The van der Waals surface area contributed by atoms with Gasteiger partial charge in [0.15, 0.2) is 11.3 Å². The average molecular weight is 223 g/mol. The first-order valence-electron chi connectivity index (χ1n) is 5.37. The van der Waals surface area contributed by atoms with E-state index in [9.17, 15) is 4.79 Å². The first kappa shape index (κ1) is 9.48. The van der Waals surface area contributed by atoms with E-state index in [2.05, 4.69) is 4.98 Å². The molecule has 4 heteroatoms. The quantitative estimate of drug-likeness (QED) is 0.683. The molecule has 0 bridgehead atoms. The Hall–Kier alpha value is -0.740. The van der Waals surface area contributed by atoms with Crippen LogP contribution in [-0.2, 0) is 16.6 Å². The van der Waals surface area contributed by atoms with Gasteiger partial charge in [-0.2, -0.15) is 0 Å². The monoisotopic (exact) mass is 223 g/mol. The van der Waals surface area contributed by atoms with Crippen molar-refractivity contribution in [3.05, 3.63) is 15.6 Å². The number of fused-ring (bicyclic) bond motifs is 2. The molecular formula is C11H13NO2S. The summed E-state index contributed by atoms with van der Waals surface area (Å²) in [6.07, 6.45) is 5.31. The predicted octanol–water partition coefficient (Wildman–Crippen LogP) is 1.95. The first-order valence-corrected chi connectivity index (χ1v) is 6.19. The summed E-state index contributed by atoms with van der Waals surface area (Å²) < 4.78 is 5.41. The largest absolute Gasteiger partial charge is 0.381 e. The van der Waals surface area contributed by atoms with E-state index in [0.29, 0.717) is 5.01 Å². The van der Waals surface area contributed by atoms with Crippen LogP contribution in [0.4, 0.5) is 0 Å². The molecule has 3 nitrogen and oxygen atoms in total. The fraction of sp³-hybridized carbons (Fsp3) is 0.636. The second-order valence-electron chi connectivity index (χ2n) is 4.33. The van der Waals surface area contributed by atoms with Crippen molar-refractivity contribution in [1.82, 2.24) is 4.98 Å². The molecule has 1 aromatic heterocycles. The normalized spacial score (nSPS) is 22.9. The highest BCUT2D eigenvalue weighted by atomic mass is 32.1. The summed E-state index contributed by atoms with van der Waals surface area (Å²) in [5.74, 6) is 0. The van der Waals surface area contributed by atoms with Crippen molar-refractivity contribution < 1.29 is 9.53 Å². The Kier molecular flexibility index (Phi) is 2.14. The predicted molar refractivity (Wildman–Crippen MR) is 57.6 cm³/mol. The van der Waals surface area contributed by atoms with Crippen molar-refractivity contribution >= 4 is 17.6 Å². The van der Waals surface area contributed by atoms with E-state index in [1.807, 2.05) is 0 Å². The molecule has 3 rings (SSSR count). The Labute approximate surface area is 92.5 Å². The maximum absolute atomic E-state index is 10.7. The maximum Gasteiger partial charge on any atom is 0.178 e. The van der Waals surface area contributed by atoms with Gasteiger partial charge in [-0.15, -0.1) is 11.3 Å². The van der Waals surface area contributed by atoms with Crippen LogP contribution in [0.2, 0.25) is 0 Å². The van der Waals surface area contributed by atoms with Crippen LogP contribution in [0.1, 0.15) is 39.6 Å². The maximum atomic E-state index is 10.7. The molecule has 2 heterocycles. The molecule has 1 fully saturated rings. The van der Waals surface area contributed by atoms with Gasteiger partial charge < -0.3 is 4.74 Å². The van der Waals surface area contributed by atoms with Gasteiger partial charge in [0.25, 0.3) is 0 Å². The molecule has 2 aliphatic rings. The number of thiazole rings is 1. The summed E-state index contributed by atoms with van der Waals surface area (Å²) in [6, 6.07) is 0. The van der Waals surface area contributed by atoms with E-state index in [0.717, 1.165) is 38.8 Å². The van der Waals surface area contributed by atoms with Crippen molar-refractivity contribution in [2.45, 2.75) is 31.1 Å². The highest BCUT2D eigenvalue weighted by molar-refractivity contribution is 7.13. The van der Waals surface area contributed by atoms with Gasteiger partial charge in [-0.1, -0.05) is 0 Å². The van der Waals surface area contributed by atoms with Crippen LogP contribution in [0.15, 0.2) is 0 Å². The lowest BCUT2D eigenvalue weighted by Crippen LogP contribution is -2.32. The standard InChI is InChI=1S/C11H13NO2S/c13-7-9-12-10-8(15-9)1-2-11(10)3-5-14-6-4-11/h7H,1-6H2. The SMILES string of the molecule is O=Cc1nc2c(s1)CCC21CCOCC1. The zero-order valence-electron chi connectivity index (χ0n) is 8.49. The van der Waals surface area contributed by atoms with Gasteiger partial charge in [-0.25, -0.2) is 4.98 Å². The molecule has 80 valence electrons. The van der Waals surface area contributed by atoms with Crippen LogP contribution in [0, 0.1) is 0 Å². The van der Waals surface area contributed by atoms with Crippen molar-refractivity contribution in [2.75, 3.05) is 13.2 Å². The van der Waals surface area contributed by atoms with Gasteiger partial charge in [0.1, 0.15) is 0 Å². The number of carbonyl (C=O) groups is 1. The van der Waals surface area contributed by atoms with E-state index < -0.39 is 0 Å². The van der Waals surface area contributed by atoms with Gasteiger partial charge >= 0.3 is 0 Å². The molecule has 0 radical (unpaired) electrons. The average Bonchev–Trinajstić information content (AvgIpc) is 2.82. The minimum Gasteiger partial charge on any atom is -0.381 e. The Balaban J connectivity index is 2.01. The number of ether oxygens (including phenoxy) is 1. The molecule has 15 heavy (non-hydrogen) atoms. The zero-order valence-corrected chi connectivity index (χ0v) is 9.31. The first-order chi connectivity index (χ1) is 7.34. The number of aldehydes is 1. The zero-order chi connectivity index (χ0) is 10.3. The molecule has 0 amide bonds. The Bertz CT molecular complexity index is 393. The van der Waals surface area contributed by atoms with E-state index in [1.165, 1.54) is 17.0 Å². The van der Waals surface area contributed by atoms with Crippen LogP contribution in [0.25, 0.3) is 0 Å². The van der Waals surface area contributed by atoms with Crippen LogP contribution < -0.4 is 0 Å². The fourth-order valence-corrected chi connectivity index (χ4v) is 3.72. The minimum atomic E-state index is 0.241. The number of aryl methyl sites for hydroxylation is 1. The fourth-order valence-electron chi connectivity index (χ4n) is 2.72. The molecule has 1 saturated heterocycles. The number of nitrogens with zero attached hydrogens (tertiary/aromatic N) is 1. The Morgan fingerprint density at radius 3 is 2.87 bits per heavy atom. The van der Waals surface area contributed by atoms with Gasteiger partial charge in [0, 0.05) is 23.5 Å². The third kappa shape index (κ3) is 1.35. The van der Waals surface area contributed by atoms with Crippen molar-refractivity contribution in [3.8, 4) is 0 Å². The summed E-state index contributed by atoms with van der Waals surface area (Å²) in [7, 11) is 0. The number of carbonyl (C=O) groups excluding carboxylic acids is 1. The van der Waals surface area contributed by atoms with E-state index >= 15 is 0 Å². The lowest BCUT2D eigenvalue weighted by atomic mass is 9.78. The molecule has 1 aromatic rings. The molecule has 0 aromatic carbocycles. The summed E-state index contributed by atoms with van der Waals surface area (Å²) in [6.45, 7) is 1.68. The second-order valence-corrected chi connectivity index (χ2v) is 5.45. The number of rotatable bonds is 1. The molecule has 1 aliphatic heterocycles. The molecule has 0 unspecified atom stereocenters. The number of aromatic nitrogens is 1. The minimum absolute atomic E-state index is 0.241. The van der Waals surface area contributed by atoms with Crippen LogP contribution >= 0.6 is 11.3 Å². The number of hydrogen-bond acceptors (Lipinski definition) is 4. The number of hydrogen-bond donors (Lipinski definition) is 0. The summed E-state index contributed by atoms with van der Waals surface area (Å²) in [5.41, 5.74) is 1.45. The lowest BCUT2D eigenvalue weighted by molar-refractivity contribution is 0.0493. The van der Waals surface area contributed by atoms with Crippen molar-refractivity contribution in [1.29, 1.82) is 0 Å². The van der Waals surface area contributed by atoms with Gasteiger partial charge in [0.2, 0.25) is 0 Å². The third-order valence-electron chi connectivity index (χ3n) is 3.60. The van der Waals surface area contributed by atoms with Crippen LogP contribution in [-0.4, -0.2) is 24.5 Å². The molecular weight excluding hydrogens is 210 g/mol. The molecule has 0 saturated carbocycles. The smallest absolute Gasteiger partial charge is 0.178 e.